The van der Waals surface area contributed by atoms with Gasteiger partial charge in [-0.05, 0) is 110 Å². The molecule has 2 bridgehead atoms. The van der Waals surface area contributed by atoms with E-state index >= 15 is 0 Å². The SMILES string of the molecule is CC(C)(C)c1cc(C(Oc2ccc(Cl)cc2)=C2C3CCCC2C2=C(CCCC2)C3)ccc1Cl. The van der Waals surface area contributed by atoms with Crippen LogP contribution in [0.1, 0.15) is 83.3 Å². The van der Waals surface area contributed by atoms with E-state index in [-0.39, 0.29) is 5.41 Å². The molecule has 0 aromatic heterocycles. The van der Waals surface area contributed by atoms with E-state index in [0.717, 1.165) is 32.7 Å². The van der Waals surface area contributed by atoms with Gasteiger partial charge in [-0.15, -0.1) is 0 Å². The first-order valence-corrected chi connectivity index (χ1v) is 13.3. The van der Waals surface area contributed by atoms with Crippen molar-refractivity contribution in [2.24, 2.45) is 11.8 Å². The molecule has 0 amide bonds. The number of hydrogen-bond acceptors (Lipinski definition) is 1. The lowest BCUT2D eigenvalue weighted by Gasteiger charge is -2.43. The summed E-state index contributed by atoms with van der Waals surface area (Å²) in [4.78, 5) is 0. The van der Waals surface area contributed by atoms with Gasteiger partial charge in [0.25, 0.3) is 0 Å². The molecule has 3 aliphatic carbocycles. The molecule has 174 valence electrons. The van der Waals surface area contributed by atoms with E-state index in [2.05, 4.69) is 32.9 Å². The Kier molecular flexibility index (Phi) is 6.40. The number of fused-ring (bicyclic) bond motifs is 3. The second kappa shape index (κ2) is 9.16. The minimum Gasteiger partial charge on any atom is -0.457 e. The number of ether oxygens (including phenoxy) is 1. The molecular weight excluding hydrogens is 447 g/mol. The van der Waals surface area contributed by atoms with Crippen molar-refractivity contribution in [3.8, 4) is 5.75 Å². The Morgan fingerprint density at radius 1 is 0.909 bits per heavy atom. The molecule has 33 heavy (non-hydrogen) atoms. The molecule has 1 fully saturated rings. The molecule has 5 rings (SSSR count). The molecule has 0 saturated heterocycles. The van der Waals surface area contributed by atoms with E-state index < -0.39 is 0 Å². The molecule has 0 heterocycles. The highest BCUT2D eigenvalue weighted by Crippen LogP contribution is 2.53. The van der Waals surface area contributed by atoms with E-state index in [1.54, 1.807) is 11.1 Å². The number of hydrogen-bond donors (Lipinski definition) is 0. The summed E-state index contributed by atoms with van der Waals surface area (Å²) in [7, 11) is 0. The lowest BCUT2D eigenvalue weighted by Crippen LogP contribution is -2.30. The maximum absolute atomic E-state index is 6.77. The first-order valence-electron chi connectivity index (χ1n) is 12.5. The molecule has 1 nitrogen and oxygen atoms in total. The van der Waals surface area contributed by atoms with Crippen molar-refractivity contribution in [2.45, 2.75) is 77.6 Å². The van der Waals surface area contributed by atoms with Crippen molar-refractivity contribution >= 4 is 29.0 Å². The van der Waals surface area contributed by atoms with Crippen LogP contribution in [0.2, 0.25) is 10.0 Å². The molecule has 0 radical (unpaired) electrons. The van der Waals surface area contributed by atoms with Crippen LogP contribution in [0, 0.1) is 11.8 Å². The van der Waals surface area contributed by atoms with E-state index in [4.69, 9.17) is 27.9 Å². The molecule has 2 atom stereocenters. The van der Waals surface area contributed by atoms with Gasteiger partial charge in [-0.1, -0.05) is 61.5 Å². The summed E-state index contributed by atoms with van der Waals surface area (Å²) in [5.74, 6) is 3.00. The molecule has 2 unspecified atom stereocenters. The van der Waals surface area contributed by atoms with Crippen LogP contribution in [0.3, 0.4) is 0 Å². The summed E-state index contributed by atoms with van der Waals surface area (Å²) >= 11 is 12.8. The van der Waals surface area contributed by atoms with Crippen LogP contribution in [0.25, 0.3) is 5.76 Å². The van der Waals surface area contributed by atoms with Crippen LogP contribution in [-0.2, 0) is 5.41 Å². The van der Waals surface area contributed by atoms with Crippen LogP contribution < -0.4 is 4.74 Å². The van der Waals surface area contributed by atoms with E-state index in [0.29, 0.717) is 11.8 Å². The number of benzene rings is 2. The quantitative estimate of drug-likeness (QED) is 0.313. The summed E-state index contributed by atoms with van der Waals surface area (Å²) < 4.78 is 6.77. The van der Waals surface area contributed by atoms with Gasteiger partial charge in [-0.25, -0.2) is 0 Å². The van der Waals surface area contributed by atoms with Crippen LogP contribution in [0.15, 0.2) is 59.2 Å². The van der Waals surface area contributed by atoms with E-state index in [1.807, 2.05) is 30.3 Å². The van der Waals surface area contributed by atoms with Gasteiger partial charge in [-0.2, -0.15) is 0 Å². The first-order chi connectivity index (χ1) is 15.8. The van der Waals surface area contributed by atoms with Crippen LogP contribution in [-0.4, -0.2) is 0 Å². The van der Waals surface area contributed by atoms with Gasteiger partial charge in [-0.3, -0.25) is 0 Å². The Bertz CT molecular complexity index is 1100. The summed E-state index contributed by atoms with van der Waals surface area (Å²) in [6.07, 6.45) is 10.3. The standard InChI is InChI=1S/C30H34Cl2O/c1-30(2,3)26-18-21(11-16-27(26)32)29(33-23-14-12-22(31)13-15-23)28-20-8-6-10-25(28)24-9-5-4-7-19(24)17-20/h11-16,18,20,25H,4-10,17H2,1-3H3. The van der Waals surface area contributed by atoms with Crippen molar-refractivity contribution in [3.63, 3.8) is 0 Å². The lowest BCUT2D eigenvalue weighted by molar-refractivity contribution is 0.335. The molecule has 0 aliphatic heterocycles. The zero-order chi connectivity index (χ0) is 23.2. The molecular formula is C30H34Cl2O. The minimum absolute atomic E-state index is 0.0371. The van der Waals surface area contributed by atoms with Crippen molar-refractivity contribution in [1.82, 2.24) is 0 Å². The van der Waals surface area contributed by atoms with Gasteiger partial charge in [0, 0.05) is 21.5 Å². The van der Waals surface area contributed by atoms with Crippen molar-refractivity contribution in [1.29, 1.82) is 0 Å². The van der Waals surface area contributed by atoms with Gasteiger partial charge in [0.2, 0.25) is 0 Å². The lowest BCUT2D eigenvalue weighted by atomic mass is 9.62. The van der Waals surface area contributed by atoms with E-state index in [1.165, 1.54) is 56.9 Å². The zero-order valence-corrected chi connectivity index (χ0v) is 21.5. The van der Waals surface area contributed by atoms with Crippen LogP contribution in [0.5, 0.6) is 5.75 Å². The third kappa shape index (κ3) is 4.64. The Labute approximate surface area is 208 Å². The third-order valence-electron chi connectivity index (χ3n) is 7.74. The highest BCUT2D eigenvalue weighted by atomic mass is 35.5. The van der Waals surface area contributed by atoms with Crippen LogP contribution >= 0.6 is 23.2 Å². The fraction of sp³-hybridized carbons (Fsp3) is 0.467. The van der Waals surface area contributed by atoms with Crippen molar-refractivity contribution in [3.05, 3.63) is 80.4 Å². The molecule has 0 spiro atoms. The van der Waals surface area contributed by atoms with Gasteiger partial charge < -0.3 is 4.74 Å². The first kappa shape index (κ1) is 23.1. The van der Waals surface area contributed by atoms with Crippen molar-refractivity contribution in [2.75, 3.05) is 0 Å². The molecule has 2 aromatic rings. The van der Waals surface area contributed by atoms with Gasteiger partial charge in [0.1, 0.15) is 11.5 Å². The van der Waals surface area contributed by atoms with Crippen LogP contribution in [0.4, 0.5) is 0 Å². The number of rotatable bonds is 3. The highest BCUT2D eigenvalue weighted by molar-refractivity contribution is 6.31. The molecule has 0 N–H and O–H groups in total. The monoisotopic (exact) mass is 480 g/mol. The Balaban J connectivity index is 1.68. The second-order valence-corrected chi connectivity index (χ2v) is 11.8. The number of allylic oxidation sites excluding steroid dienone is 3. The highest BCUT2D eigenvalue weighted by Gasteiger charge is 2.39. The summed E-state index contributed by atoms with van der Waals surface area (Å²) in [5, 5.41) is 1.55. The van der Waals surface area contributed by atoms with Gasteiger partial charge >= 0.3 is 0 Å². The molecule has 2 aromatic carbocycles. The summed E-state index contributed by atoms with van der Waals surface area (Å²) in [6.45, 7) is 6.66. The molecule has 1 saturated carbocycles. The predicted octanol–water partition coefficient (Wildman–Crippen LogP) is 9.77. The normalized spacial score (nSPS) is 24.4. The summed E-state index contributed by atoms with van der Waals surface area (Å²) in [5.41, 5.74) is 7.29. The maximum atomic E-state index is 6.77. The Hall–Kier alpha value is -1.70. The third-order valence-corrected chi connectivity index (χ3v) is 8.32. The Morgan fingerprint density at radius 2 is 1.67 bits per heavy atom. The van der Waals surface area contributed by atoms with Gasteiger partial charge in [0.05, 0.1) is 0 Å². The average Bonchev–Trinajstić information content (AvgIpc) is 2.78. The predicted molar refractivity (Wildman–Crippen MR) is 140 cm³/mol. The smallest absolute Gasteiger partial charge is 0.134 e. The minimum atomic E-state index is -0.0371. The Morgan fingerprint density at radius 3 is 2.42 bits per heavy atom. The fourth-order valence-electron chi connectivity index (χ4n) is 6.17. The molecule has 3 heteroatoms. The summed E-state index contributed by atoms with van der Waals surface area (Å²) in [6, 6.07) is 14.2. The number of halogens is 2. The maximum Gasteiger partial charge on any atom is 0.134 e. The zero-order valence-electron chi connectivity index (χ0n) is 20.0. The topological polar surface area (TPSA) is 9.23 Å². The second-order valence-electron chi connectivity index (χ2n) is 11.0. The fourth-order valence-corrected chi connectivity index (χ4v) is 6.70. The van der Waals surface area contributed by atoms with E-state index in [9.17, 15) is 0 Å². The molecule has 3 aliphatic rings. The van der Waals surface area contributed by atoms with Gasteiger partial charge in [0.15, 0.2) is 0 Å². The van der Waals surface area contributed by atoms with Crippen molar-refractivity contribution < 1.29 is 4.74 Å². The average molecular weight is 482 g/mol. The largest absolute Gasteiger partial charge is 0.457 e.